The molecule has 2 fully saturated rings. The zero-order valence-electron chi connectivity index (χ0n) is 11.9. The Morgan fingerprint density at radius 2 is 2.00 bits per heavy atom. The van der Waals surface area contributed by atoms with Crippen molar-refractivity contribution in [3.05, 3.63) is 0 Å². The van der Waals surface area contributed by atoms with Gasteiger partial charge in [0.2, 0.25) is 0 Å². The Morgan fingerprint density at radius 1 is 1.18 bits per heavy atom. The molecular weight excluding hydrogens is 208 g/mol. The van der Waals surface area contributed by atoms with Crippen molar-refractivity contribution in [3.8, 4) is 0 Å². The summed E-state index contributed by atoms with van der Waals surface area (Å²) in [7, 11) is 0. The molecule has 1 N–H and O–H groups in total. The molecule has 100 valence electrons. The first-order valence-electron chi connectivity index (χ1n) is 7.64. The lowest BCUT2D eigenvalue weighted by Gasteiger charge is -2.37. The maximum atomic E-state index is 3.72. The highest BCUT2D eigenvalue weighted by atomic mass is 15.2. The molecule has 0 aromatic heterocycles. The molecule has 1 saturated carbocycles. The Balaban J connectivity index is 1.93. The van der Waals surface area contributed by atoms with Crippen LogP contribution in [0.5, 0.6) is 0 Å². The Labute approximate surface area is 107 Å². The minimum atomic E-state index is 0.703. The van der Waals surface area contributed by atoms with Crippen LogP contribution in [0.25, 0.3) is 0 Å². The van der Waals surface area contributed by atoms with Gasteiger partial charge >= 0.3 is 0 Å². The topological polar surface area (TPSA) is 15.3 Å². The first kappa shape index (κ1) is 13.4. The molecule has 17 heavy (non-hydrogen) atoms. The Kier molecular flexibility index (Phi) is 4.87. The second-order valence-electron chi connectivity index (χ2n) is 6.58. The third-order valence-electron chi connectivity index (χ3n) is 4.69. The van der Waals surface area contributed by atoms with Crippen LogP contribution in [0.4, 0.5) is 0 Å². The molecule has 0 radical (unpaired) electrons. The maximum absolute atomic E-state index is 3.72. The summed E-state index contributed by atoms with van der Waals surface area (Å²) in [5, 5.41) is 3.72. The molecule has 0 aromatic rings. The van der Waals surface area contributed by atoms with Gasteiger partial charge in [-0.15, -0.1) is 0 Å². The van der Waals surface area contributed by atoms with E-state index >= 15 is 0 Å². The molecule has 1 saturated heterocycles. The van der Waals surface area contributed by atoms with Gasteiger partial charge in [0.25, 0.3) is 0 Å². The summed E-state index contributed by atoms with van der Waals surface area (Å²) in [6.07, 6.45) is 7.10. The van der Waals surface area contributed by atoms with Gasteiger partial charge in [0, 0.05) is 18.6 Å². The average Bonchev–Trinajstić information content (AvgIpc) is 2.54. The highest BCUT2D eigenvalue weighted by Gasteiger charge is 2.28. The fourth-order valence-corrected chi connectivity index (χ4v) is 3.49. The van der Waals surface area contributed by atoms with Gasteiger partial charge in [-0.2, -0.15) is 0 Å². The van der Waals surface area contributed by atoms with Crippen molar-refractivity contribution in [3.63, 3.8) is 0 Å². The fourth-order valence-electron chi connectivity index (χ4n) is 3.49. The van der Waals surface area contributed by atoms with Crippen molar-refractivity contribution < 1.29 is 0 Å². The van der Waals surface area contributed by atoms with E-state index in [0.717, 1.165) is 17.9 Å². The van der Waals surface area contributed by atoms with Crippen LogP contribution in [0.15, 0.2) is 0 Å². The maximum Gasteiger partial charge on any atom is 0.0218 e. The molecular formula is C15H30N2. The van der Waals surface area contributed by atoms with Crippen LogP contribution in [0.3, 0.4) is 0 Å². The van der Waals surface area contributed by atoms with Gasteiger partial charge in [0.05, 0.1) is 0 Å². The van der Waals surface area contributed by atoms with E-state index < -0.39 is 0 Å². The number of rotatable bonds is 2. The molecule has 3 atom stereocenters. The predicted octanol–water partition coefficient (Wildman–Crippen LogP) is 2.89. The van der Waals surface area contributed by atoms with E-state index in [0.29, 0.717) is 6.04 Å². The second kappa shape index (κ2) is 6.19. The minimum absolute atomic E-state index is 0.703. The minimum Gasteiger partial charge on any atom is -0.312 e. The molecule has 3 unspecified atom stereocenters. The van der Waals surface area contributed by atoms with Crippen LogP contribution in [0, 0.1) is 11.8 Å². The third kappa shape index (κ3) is 3.69. The van der Waals surface area contributed by atoms with Gasteiger partial charge in [-0.05, 0) is 44.2 Å². The van der Waals surface area contributed by atoms with Gasteiger partial charge in [-0.1, -0.05) is 33.6 Å². The Hall–Kier alpha value is -0.0800. The van der Waals surface area contributed by atoms with Crippen molar-refractivity contribution in [2.24, 2.45) is 11.8 Å². The molecule has 2 rings (SSSR count). The zero-order chi connectivity index (χ0) is 12.3. The third-order valence-corrected chi connectivity index (χ3v) is 4.69. The number of hydrogen-bond donors (Lipinski definition) is 1. The van der Waals surface area contributed by atoms with E-state index in [1.54, 1.807) is 0 Å². The second-order valence-corrected chi connectivity index (χ2v) is 6.58. The lowest BCUT2D eigenvalue weighted by atomic mass is 9.86. The molecule has 0 amide bonds. The van der Waals surface area contributed by atoms with Gasteiger partial charge in [0.1, 0.15) is 0 Å². The molecule has 0 aromatic carbocycles. The van der Waals surface area contributed by atoms with Gasteiger partial charge in [-0.25, -0.2) is 0 Å². The zero-order valence-corrected chi connectivity index (χ0v) is 11.9. The predicted molar refractivity (Wildman–Crippen MR) is 74.2 cm³/mol. The highest BCUT2D eigenvalue weighted by molar-refractivity contribution is 4.85. The van der Waals surface area contributed by atoms with Crippen LogP contribution in [0.2, 0.25) is 0 Å². The highest BCUT2D eigenvalue weighted by Crippen LogP contribution is 2.28. The molecule has 1 aliphatic carbocycles. The van der Waals surface area contributed by atoms with E-state index in [-0.39, 0.29) is 0 Å². The first-order chi connectivity index (χ1) is 8.16. The van der Waals surface area contributed by atoms with E-state index in [2.05, 4.69) is 31.0 Å². The monoisotopic (exact) mass is 238 g/mol. The molecule has 1 heterocycles. The van der Waals surface area contributed by atoms with Crippen LogP contribution in [-0.2, 0) is 0 Å². The summed E-state index contributed by atoms with van der Waals surface area (Å²) in [6.45, 7) is 10.9. The summed E-state index contributed by atoms with van der Waals surface area (Å²) in [6, 6.07) is 1.58. The molecule has 2 heteroatoms. The Bertz CT molecular complexity index is 227. The van der Waals surface area contributed by atoms with E-state index in [9.17, 15) is 0 Å². The largest absolute Gasteiger partial charge is 0.312 e. The summed E-state index contributed by atoms with van der Waals surface area (Å²) < 4.78 is 0. The molecule has 2 nitrogen and oxygen atoms in total. The van der Waals surface area contributed by atoms with Crippen molar-refractivity contribution in [1.29, 1.82) is 0 Å². The van der Waals surface area contributed by atoms with Crippen molar-refractivity contribution in [2.45, 2.75) is 65.0 Å². The quantitative estimate of drug-likeness (QED) is 0.796. The van der Waals surface area contributed by atoms with E-state index in [4.69, 9.17) is 0 Å². The lowest BCUT2D eigenvalue weighted by Crippen LogP contribution is -2.46. The van der Waals surface area contributed by atoms with Crippen molar-refractivity contribution in [2.75, 3.05) is 19.6 Å². The summed E-state index contributed by atoms with van der Waals surface area (Å²) in [4.78, 5) is 2.79. The van der Waals surface area contributed by atoms with Crippen LogP contribution < -0.4 is 5.32 Å². The van der Waals surface area contributed by atoms with E-state index in [1.165, 1.54) is 51.7 Å². The molecule has 0 spiro atoms. The van der Waals surface area contributed by atoms with E-state index in [1.807, 2.05) is 0 Å². The van der Waals surface area contributed by atoms with Crippen molar-refractivity contribution >= 4 is 0 Å². The summed E-state index contributed by atoms with van der Waals surface area (Å²) >= 11 is 0. The van der Waals surface area contributed by atoms with Crippen LogP contribution in [-0.4, -0.2) is 36.6 Å². The standard InChI is InChI=1S/C15H30N2/c1-12(2)15-11-17(9-5-8-16-15)14-7-4-6-13(3)10-14/h12-16H,4-11H2,1-3H3. The summed E-state index contributed by atoms with van der Waals surface area (Å²) in [5.41, 5.74) is 0. The van der Waals surface area contributed by atoms with Gasteiger partial charge < -0.3 is 5.32 Å². The molecule has 1 aliphatic heterocycles. The summed E-state index contributed by atoms with van der Waals surface area (Å²) in [5.74, 6) is 1.71. The molecule has 0 bridgehead atoms. The molecule has 2 aliphatic rings. The van der Waals surface area contributed by atoms with Crippen LogP contribution in [0.1, 0.15) is 52.9 Å². The fraction of sp³-hybridized carbons (Fsp3) is 1.00. The number of nitrogens with zero attached hydrogens (tertiary/aromatic N) is 1. The lowest BCUT2D eigenvalue weighted by molar-refractivity contribution is 0.126. The smallest absolute Gasteiger partial charge is 0.0218 e. The normalized spacial score (nSPS) is 37.1. The number of hydrogen-bond acceptors (Lipinski definition) is 2. The van der Waals surface area contributed by atoms with Crippen LogP contribution >= 0.6 is 0 Å². The first-order valence-corrected chi connectivity index (χ1v) is 7.64. The SMILES string of the molecule is CC1CCCC(N2CCCNC(C(C)C)C2)C1. The Morgan fingerprint density at radius 3 is 2.71 bits per heavy atom. The van der Waals surface area contributed by atoms with Gasteiger partial charge in [-0.3, -0.25) is 4.90 Å². The number of nitrogens with one attached hydrogen (secondary N) is 1. The van der Waals surface area contributed by atoms with Crippen molar-refractivity contribution in [1.82, 2.24) is 10.2 Å². The average molecular weight is 238 g/mol. The van der Waals surface area contributed by atoms with Gasteiger partial charge in [0.15, 0.2) is 0 Å².